The average molecular weight is 1400 g/mol. The Morgan fingerprint density at radius 1 is 0.239 bits per heavy atom. The Balaban J connectivity index is 3.37. The van der Waals surface area contributed by atoms with Crippen LogP contribution in [0.5, 0.6) is 0 Å². The molecule has 522 valence electrons. The van der Waals surface area contributed by atoms with Crippen molar-refractivity contribution in [1.82, 2.24) is 0 Å². The van der Waals surface area contributed by atoms with Crippen LogP contribution in [0.25, 0.3) is 0 Å². The van der Waals surface area contributed by atoms with Crippen molar-refractivity contribution in [2.24, 2.45) is 0 Å². The summed E-state index contributed by atoms with van der Waals surface area (Å²) in [7, 11) is -5.50. The van der Waals surface area contributed by atoms with Gasteiger partial charge in [0.05, 0.1) is 29.4 Å². The molecule has 0 amide bonds. The Labute approximate surface area is 553 Å². The van der Waals surface area contributed by atoms with Crippen LogP contribution in [0.3, 0.4) is 0 Å². The Bertz CT molecular complexity index is 1680. The summed E-state index contributed by atoms with van der Waals surface area (Å²) in [6, 6.07) is 19.5. The van der Waals surface area contributed by atoms with E-state index in [0.29, 0.717) is 13.2 Å². The monoisotopic (exact) mass is 1400 g/mol. The molecule has 0 heterocycles. The maximum absolute atomic E-state index is 7.96. The molecule has 0 unspecified atom stereocenters. The van der Waals surface area contributed by atoms with Gasteiger partial charge in [-0.2, -0.15) is 0 Å². The van der Waals surface area contributed by atoms with Gasteiger partial charge in [-0.15, -0.1) is 0 Å². The first kappa shape index (κ1) is 86.6. The fraction of sp³-hybridized carbons (Fsp3) is 0.908. The molecule has 88 heavy (non-hydrogen) atoms. The zero-order valence-electron chi connectivity index (χ0n) is 61.1. The normalized spacial score (nSPS) is 13.6. The summed E-state index contributed by atoms with van der Waals surface area (Å²) in [4.78, 5) is 10.2. The van der Waals surface area contributed by atoms with Gasteiger partial charge in [-0.25, -0.2) is 9.78 Å². The van der Waals surface area contributed by atoms with Crippen LogP contribution in [0, 0.1) is 0 Å². The van der Waals surface area contributed by atoms with E-state index in [9.17, 15) is 0 Å². The lowest BCUT2D eigenvalue weighted by Gasteiger charge is -2.45. The summed E-state index contributed by atoms with van der Waals surface area (Å²) >= 11 is 0. The first-order valence-electron chi connectivity index (χ1n) is 35.2. The van der Waals surface area contributed by atoms with E-state index in [4.69, 9.17) is 62.0 Å². The largest absolute Gasteiger partial charge is 0.500 e. The second kappa shape index (κ2) is 47.5. The molecule has 0 aliphatic heterocycles. The van der Waals surface area contributed by atoms with Crippen LogP contribution >= 0.6 is 0 Å². The molecule has 0 aromatic heterocycles. The maximum Gasteiger partial charge on any atom is 0.500 e. The molecule has 1 aromatic rings. The molecule has 0 aliphatic carbocycles. The van der Waals surface area contributed by atoms with Crippen LogP contribution in [0.2, 0.25) is 120 Å². The molecule has 0 saturated carbocycles. The van der Waals surface area contributed by atoms with Crippen molar-refractivity contribution < 1.29 is 62.0 Å². The molecular formula is C65H142O14Si9. The van der Waals surface area contributed by atoms with Crippen LogP contribution in [0.15, 0.2) is 24.3 Å². The van der Waals surface area contributed by atoms with Crippen molar-refractivity contribution in [3.63, 3.8) is 0 Å². The SMILES string of the molecule is CCOOCCCCCCCCCCC[Si](C)(C)c1ccc([Si](C)(C)CCC[Si](O[Si](C)(C)CCCCCCCC[Si](OC)(OC)OC)(O[Si](C)(C)CCCCCCCC[Si](OC)(OC)OC)O[Si](C)(C)CCCCCCCC[Si](OC)(OC)OC)cc1. The highest BCUT2D eigenvalue weighted by Crippen LogP contribution is 2.37. The van der Waals surface area contributed by atoms with Gasteiger partial charge in [-0.3, -0.25) is 0 Å². The summed E-state index contributed by atoms with van der Waals surface area (Å²) in [6.07, 6.45) is 34.0. The van der Waals surface area contributed by atoms with Gasteiger partial charge in [0.1, 0.15) is 0 Å². The summed E-state index contributed by atoms with van der Waals surface area (Å²) in [5, 5.41) is 3.18. The molecule has 1 rings (SSSR count). The lowest BCUT2D eigenvalue weighted by atomic mass is 10.1. The van der Waals surface area contributed by atoms with Crippen LogP contribution < -0.4 is 10.4 Å². The second-order valence-electron chi connectivity index (χ2n) is 28.4. The van der Waals surface area contributed by atoms with Crippen LogP contribution in [0.4, 0.5) is 0 Å². The Kier molecular flexibility index (Phi) is 46.8. The number of benzene rings is 1. The third-order valence-electron chi connectivity index (χ3n) is 18.6. The van der Waals surface area contributed by atoms with Crippen molar-refractivity contribution >= 4 is 86.7 Å². The molecule has 0 aliphatic rings. The summed E-state index contributed by atoms with van der Waals surface area (Å²) in [5.74, 6) is 0. The Morgan fingerprint density at radius 3 is 0.716 bits per heavy atom. The quantitative estimate of drug-likeness (QED) is 0.0265. The molecule has 0 bridgehead atoms. The lowest BCUT2D eigenvalue weighted by molar-refractivity contribution is -0.291. The third-order valence-corrected chi connectivity index (χ3v) is 50.1. The van der Waals surface area contributed by atoms with E-state index < -0.39 is 76.3 Å². The maximum atomic E-state index is 7.96. The van der Waals surface area contributed by atoms with E-state index in [1.807, 2.05) is 6.92 Å². The summed E-state index contributed by atoms with van der Waals surface area (Å²) in [5.41, 5.74) is 0. The van der Waals surface area contributed by atoms with Gasteiger partial charge in [0, 0.05) is 88.2 Å². The topological polar surface area (TPSA) is 129 Å². The lowest BCUT2D eigenvalue weighted by Crippen LogP contribution is -2.62. The van der Waals surface area contributed by atoms with Gasteiger partial charge < -0.3 is 52.2 Å². The van der Waals surface area contributed by atoms with Gasteiger partial charge in [-0.05, 0) is 90.0 Å². The van der Waals surface area contributed by atoms with Crippen LogP contribution in [0.1, 0.15) is 187 Å². The number of hydrogen-bond donors (Lipinski definition) is 0. The number of hydrogen-bond acceptors (Lipinski definition) is 14. The standard InChI is InChI=1S/C65H142O14Si9/c1-21-75-76-54-41-33-25-23-22-24-26-34-42-55-80(11,12)64-50-52-65(53-51-64)81(13,14)56-49-63-88(77-82(15,16)57-43-35-27-30-38-46-60-85(66-2,67-3)68-4,78-83(17,18)58-44-36-28-31-39-47-61-86(69-5,70-6)71-7)79-84(19,20)59-45-37-29-32-40-48-62-87(72-8,73-9)74-10/h50-53H,21-49,54-63H2,1-20H3. The molecule has 14 nitrogen and oxygen atoms in total. The van der Waals surface area contributed by atoms with Gasteiger partial charge >= 0.3 is 35.2 Å². The Hall–Kier alpha value is 0.612. The smallest absolute Gasteiger partial charge is 0.417 e. The van der Waals surface area contributed by atoms with Gasteiger partial charge in [0.25, 0.3) is 0 Å². The minimum atomic E-state index is -3.21. The number of unbranched alkanes of at least 4 members (excludes halogenated alkanes) is 23. The molecule has 1 aromatic carbocycles. The minimum absolute atomic E-state index is 0.621. The summed E-state index contributed by atoms with van der Waals surface area (Å²) in [6.45, 7) is 28.5. The molecule has 0 spiro atoms. The summed E-state index contributed by atoms with van der Waals surface area (Å²) < 4.78 is 75.1. The van der Waals surface area contributed by atoms with E-state index in [1.165, 1.54) is 141 Å². The highest BCUT2D eigenvalue weighted by molar-refractivity contribution is 6.92. The predicted molar refractivity (Wildman–Crippen MR) is 393 cm³/mol. The molecule has 23 heteroatoms. The molecular weight excluding hydrogens is 1260 g/mol. The first-order chi connectivity index (χ1) is 41.8. The first-order valence-corrected chi connectivity index (χ1v) is 58.7. The zero-order chi connectivity index (χ0) is 66.0. The predicted octanol–water partition coefficient (Wildman–Crippen LogP) is 18.6. The minimum Gasteiger partial charge on any atom is -0.417 e. The number of rotatable bonds is 62. The van der Waals surface area contributed by atoms with E-state index in [1.54, 1.807) is 74.4 Å². The fourth-order valence-corrected chi connectivity index (χ4v) is 41.4. The van der Waals surface area contributed by atoms with Crippen LogP contribution in [-0.4, -0.2) is 154 Å². The second-order valence-corrected chi connectivity index (χ2v) is 63.7. The van der Waals surface area contributed by atoms with Crippen molar-refractivity contribution in [2.75, 3.05) is 77.2 Å². The van der Waals surface area contributed by atoms with Crippen molar-refractivity contribution in [2.45, 2.75) is 307 Å². The highest BCUT2D eigenvalue weighted by Gasteiger charge is 2.52. The third kappa shape index (κ3) is 37.2. The Morgan fingerprint density at radius 2 is 0.455 bits per heavy atom. The average Bonchev–Trinajstić information content (AvgIpc) is 1.60. The van der Waals surface area contributed by atoms with Crippen molar-refractivity contribution in [1.29, 1.82) is 0 Å². The van der Waals surface area contributed by atoms with Gasteiger partial charge in [-0.1, -0.05) is 227 Å². The highest BCUT2D eigenvalue weighted by atomic mass is 28.5. The molecule has 0 fully saturated rings. The van der Waals surface area contributed by atoms with Crippen molar-refractivity contribution in [3.8, 4) is 0 Å². The van der Waals surface area contributed by atoms with E-state index in [-0.39, 0.29) is 0 Å². The molecule has 0 atom stereocenters. The van der Waals surface area contributed by atoms with Crippen LogP contribution in [-0.2, 0) is 62.0 Å². The van der Waals surface area contributed by atoms with Gasteiger partial charge in [0.15, 0.2) is 25.0 Å². The van der Waals surface area contributed by atoms with E-state index in [0.717, 1.165) is 93.7 Å². The zero-order valence-corrected chi connectivity index (χ0v) is 70.1. The molecule has 0 radical (unpaired) electrons. The van der Waals surface area contributed by atoms with Crippen molar-refractivity contribution in [3.05, 3.63) is 24.3 Å². The molecule has 0 N–H and O–H groups in total. The van der Waals surface area contributed by atoms with E-state index >= 15 is 0 Å². The van der Waals surface area contributed by atoms with Gasteiger partial charge in [0.2, 0.25) is 0 Å². The van der Waals surface area contributed by atoms with E-state index in [2.05, 4.69) is 89.7 Å². The fourth-order valence-electron chi connectivity index (χ4n) is 12.6. The molecule has 0 saturated heterocycles.